The van der Waals surface area contributed by atoms with E-state index in [1.807, 2.05) is 11.4 Å². The molecule has 0 unspecified atom stereocenters. The zero-order valence-corrected chi connectivity index (χ0v) is 14.9. The Labute approximate surface area is 151 Å². The van der Waals surface area contributed by atoms with E-state index in [1.165, 1.54) is 15.9 Å². The van der Waals surface area contributed by atoms with Crippen LogP contribution in [0.3, 0.4) is 0 Å². The molecule has 0 bridgehead atoms. The lowest BCUT2D eigenvalue weighted by Crippen LogP contribution is -2.23. The summed E-state index contributed by atoms with van der Waals surface area (Å²) in [5.41, 5.74) is 1.32. The minimum absolute atomic E-state index is 0.134. The van der Waals surface area contributed by atoms with E-state index in [-0.39, 0.29) is 17.3 Å². The van der Waals surface area contributed by atoms with Gasteiger partial charge >= 0.3 is 10.8 Å². The van der Waals surface area contributed by atoms with Crippen molar-refractivity contribution >= 4 is 40.2 Å². The van der Waals surface area contributed by atoms with Gasteiger partial charge in [0.25, 0.3) is 5.91 Å². The highest BCUT2D eigenvalue weighted by Crippen LogP contribution is 2.18. The number of anilines is 1. The van der Waals surface area contributed by atoms with Gasteiger partial charge in [-0.2, -0.15) is 0 Å². The van der Waals surface area contributed by atoms with Crippen LogP contribution in [-0.4, -0.2) is 16.4 Å². The maximum atomic E-state index is 12.0. The van der Waals surface area contributed by atoms with Gasteiger partial charge in [-0.3, -0.25) is 14.2 Å². The van der Waals surface area contributed by atoms with Gasteiger partial charge in [0, 0.05) is 16.8 Å². The van der Waals surface area contributed by atoms with Crippen LogP contribution in [0.1, 0.15) is 15.4 Å². The van der Waals surface area contributed by atoms with Crippen LogP contribution in [-0.2, 0) is 11.3 Å². The van der Waals surface area contributed by atoms with Crippen LogP contribution >= 0.6 is 22.7 Å². The zero-order valence-electron chi connectivity index (χ0n) is 13.2. The minimum Gasteiger partial charge on any atom is -0.425 e. The van der Waals surface area contributed by atoms with Crippen molar-refractivity contribution in [3.8, 4) is 5.75 Å². The number of aromatic nitrogens is 1. The molecule has 0 aliphatic heterocycles. The van der Waals surface area contributed by atoms with Gasteiger partial charge in [-0.15, -0.1) is 11.3 Å². The van der Waals surface area contributed by atoms with Gasteiger partial charge in [0.15, 0.2) is 0 Å². The topological polar surface area (TPSA) is 77.4 Å². The Hall–Kier alpha value is -2.71. The second-order valence-corrected chi connectivity index (χ2v) is 6.93. The number of nitrogens with one attached hydrogen (secondary N) is 1. The summed E-state index contributed by atoms with van der Waals surface area (Å²) in [5, 5.41) is 6.29. The first kappa shape index (κ1) is 17.1. The average Bonchev–Trinajstić information content (AvgIpc) is 3.23. The molecule has 0 fully saturated rings. The second-order valence-electron chi connectivity index (χ2n) is 5.16. The van der Waals surface area contributed by atoms with Crippen molar-refractivity contribution in [2.45, 2.75) is 13.5 Å². The first-order valence-electron chi connectivity index (χ1n) is 7.33. The highest BCUT2D eigenvalue weighted by molar-refractivity contribution is 7.12. The van der Waals surface area contributed by atoms with Gasteiger partial charge in [-0.05, 0) is 42.6 Å². The van der Waals surface area contributed by atoms with Crippen molar-refractivity contribution in [2.75, 3.05) is 5.32 Å². The molecule has 0 aliphatic carbocycles. The van der Waals surface area contributed by atoms with E-state index in [9.17, 15) is 14.4 Å². The van der Waals surface area contributed by atoms with Gasteiger partial charge in [-0.25, -0.2) is 4.79 Å². The van der Waals surface area contributed by atoms with Crippen LogP contribution in [0.2, 0.25) is 0 Å². The van der Waals surface area contributed by atoms with Gasteiger partial charge < -0.3 is 10.1 Å². The summed E-state index contributed by atoms with van der Waals surface area (Å²) >= 11 is 2.40. The van der Waals surface area contributed by atoms with Gasteiger partial charge in [-0.1, -0.05) is 17.4 Å². The van der Waals surface area contributed by atoms with Gasteiger partial charge in [0.05, 0.1) is 4.88 Å². The van der Waals surface area contributed by atoms with Gasteiger partial charge in [0.1, 0.15) is 12.3 Å². The summed E-state index contributed by atoms with van der Waals surface area (Å²) in [7, 11) is 0. The number of aryl methyl sites for hydroxylation is 1. The smallest absolute Gasteiger partial charge is 0.331 e. The number of carbonyl (C=O) groups excluding carboxylic acids is 2. The highest BCUT2D eigenvalue weighted by atomic mass is 32.1. The number of thiophene rings is 1. The molecular formula is C17H14N2O4S2. The number of carbonyl (C=O) groups is 2. The Morgan fingerprint density at radius 3 is 2.52 bits per heavy atom. The van der Waals surface area contributed by atoms with Crippen molar-refractivity contribution in [1.82, 2.24) is 4.57 Å². The van der Waals surface area contributed by atoms with Gasteiger partial charge in [0.2, 0.25) is 0 Å². The monoisotopic (exact) mass is 374 g/mol. The fraction of sp³-hybridized carbons (Fsp3) is 0.118. The number of amides is 1. The van der Waals surface area contributed by atoms with Crippen LogP contribution in [0, 0.1) is 6.92 Å². The SMILES string of the molecule is Cc1csc(=O)n1CC(=O)Oc1ccc(NC(=O)c2cccs2)cc1. The maximum absolute atomic E-state index is 12.0. The summed E-state index contributed by atoms with van der Waals surface area (Å²) in [5.74, 6) is -0.369. The quantitative estimate of drug-likeness (QED) is 0.550. The predicted octanol–water partition coefficient (Wildman–Crippen LogP) is 3.14. The highest BCUT2D eigenvalue weighted by Gasteiger charge is 2.11. The maximum Gasteiger partial charge on any atom is 0.331 e. The number of nitrogens with zero attached hydrogens (tertiary/aromatic N) is 1. The molecule has 6 nitrogen and oxygen atoms in total. The van der Waals surface area contributed by atoms with E-state index >= 15 is 0 Å². The molecule has 0 aliphatic rings. The van der Waals surface area contributed by atoms with E-state index in [2.05, 4.69) is 5.32 Å². The molecule has 1 aromatic carbocycles. The third-order valence-electron chi connectivity index (χ3n) is 3.35. The fourth-order valence-electron chi connectivity index (χ4n) is 2.10. The normalized spacial score (nSPS) is 10.4. The molecule has 2 aromatic heterocycles. The number of benzene rings is 1. The number of rotatable bonds is 5. The fourth-order valence-corrected chi connectivity index (χ4v) is 3.45. The molecule has 0 atom stereocenters. The van der Waals surface area contributed by atoms with Crippen LogP contribution in [0.5, 0.6) is 5.75 Å². The van der Waals surface area contributed by atoms with Crippen molar-refractivity contribution in [3.05, 3.63) is 67.4 Å². The largest absolute Gasteiger partial charge is 0.425 e. The third kappa shape index (κ3) is 4.23. The van der Waals surface area contributed by atoms with Crippen LogP contribution in [0.4, 0.5) is 5.69 Å². The first-order chi connectivity index (χ1) is 12.0. The molecule has 3 aromatic rings. The lowest BCUT2D eigenvalue weighted by molar-refractivity contribution is -0.135. The molecule has 3 rings (SSSR count). The molecule has 0 radical (unpaired) electrons. The number of thiazole rings is 1. The zero-order chi connectivity index (χ0) is 17.8. The predicted molar refractivity (Wildman–Crippen MR) is 97.7 cm³/mol. The summed E-state index contributed by atoms with van der Waals surface area (Å²) in [6, 6.07) is 10.0. The Morgan fingerprint density at radius 1 is 1.16 bits per heavy atom. The Kier molecular flexibility index (Phi) is 5.11. The summed E-state index contributed by atoms with van der Waals surface area (Å²) < 4.78 is 6.59. The molecule has 8 heteroatoms. The Balaban J connectivity index is 1.60. The van der Waals surface area contributed by atoms with E-state index in [1.54, 1.807) is 42.6 Å². The number of hydrogen-bond acceptors (Lipinski definition) is 6. The lowest BCUT2D eigenvalue weighted by atomic mass is 10.3. The van der Waals surface area contributed by atoms with E-state index < -0.39 is 5.97 Å². The first-order valence-corrected chi connectivity index (χ1v) is 9.09. The Morgan fingerprint density at radius 2 is 1.92 bits per heavy atom. The van der Waals surface area contributed by atoms with Crippen LogP contribution < -0.4 is 14.9 Å². The lowest BCUT2D eigenvalue weighted by Gasteiger charge is -2.07. The standard InChI is InChI=1S/C17H14N2O4S2/c1-11-10-25-17(22)19(11)9-15(20)23-13-6-4-12(5-7-13)18-16(21)14-3-2-8-24-14/h2-8,10H,9H2,1H3,(H,18,21). The second kappa shape index (κ2) is 7.45. The summed E-state index contributed by atoms with van der Waals surface area (Å²) in [6.45, 7) is 1.63. The number of hydrogen-bond donors (Lipinski definition) is 1. The van der Waals surface area contributed by atoms with Crippen molar-refractivity contribution in [3.63, 3.8) is 0 Å². The molecule has 25 heavy (non-hydrogen) atoms. The molecular weight excluding hydrogens is 360 g/mol. The van der Waals surface area contributed by atoms with E-state index in [0.29, 0.717) is 16.3 Å². The van der Waals surface area contributed by atoms with Crippen LogP contribution in [0.15, 0.2) is 52.0 Å². The number of ether oxygens (including phenoxy) is 1. The third-order valence-corrected chi connectivity index (χ3v) is 5.10. The molecule has 0 spiro atoms. The van der Waals surface area contributed by atoms with E-state index in [4.69, 9.17) is 4.74 Å². The number of esters is 1. The van der Waals surface area contributed by atoms with Crippen LogP contribution in [0.25, 0.3) is 0 Å². The Bertz CT molecular complexity index is 940. The van der Waals surface area contributed by atoms with E-state index in [0.717, 1.165) is 17.0 Å². The summed E-state index contributed by atoms with van der Waals surface area (Å²) in [6.07, 6.45) is 0. The molecule has 2 heterocycles. The van der Waals surface area contributed by atoms with Crippen molar-refractivity contribution < 1.29 is 14.3 Å². The van der Waals surface area contributed by atoms with Crippen molar-refractivity contribution in [1.29, 1.82) is 0 Å². The van der Waals surface area contributed by atoms with Crippen molar-refractivity contribution in [2.24, 2.45) is 0 Å². The molecule has 0 saturated heterocycles. The molecule has 1 amide bonds. The molecule has 1 N–H and O–H groups in total. The minimum atomic E-state index is -0.529. The molecule has 128 valence electrons. The summed E-state index contributed by atoms with van der Waals surface area (Å²) in [4.78, 5) is 35.9. The molecule has 0 saturated carbocycles. The average molecular weight is 374 g/mol.